The summed E-state index contributed by atoms with van der Waals surface area (Å²) < 4.78 is 0. The van der Waals surface area contributed by atoms with Gasteiger partial charge in [0, 0.05) is 23.4 Å². The Bertz CT molecular complexity index is 913. The van der Waals surface area contributed by atoms with Gasteiger partial charge in [-0.05, 0) is 79.9 Å². The molecule has 4 aliphatic rings. The van der Waals surface area contributed by atoms with Gasteiger partial charge in [-0.1, -0.05) is 11.6 Å². The van der Waals surface area contributed by atoms with Gasteiger partial charge in [-0.25, -0.2) is 0 Å². The molecule has 5 heteroatoms. The molecule has 4 bridgehead atoms. The van der Waals surface area contributed by atoms with Crippen molar-refractivity contribution in [2.45, 2.75) is 44.9 Å². The third-order valence-electron chi connectivity index (χ3n) is 6.87. The highest BCUT2D eigenvalue weighted by Crippen LogP contribution is 2.61. The maximum atomic E-state index is 12.9. The van der Waals surface area contributed by atoms with E-state index in [0.717, 1.165) is 17.8 Å². The van der Waals surface area contributed by atoms with Crippen LogP contribution >= 0.6 is 11.6 Å². The lowest BCUT2D eigenvalue weighted by atomic mass is 9.49. The van der Waals surface area contributed by atoms with Crippen molar-refractivity contribution in [1.29, 1.82) is 0 Å². The molecule has 4 aliphatic carbocycles. The lowest BCUT2D eigenvalue weighted by Crippen LogP contribution is -2.47. The molecule has 4 saturated carbocycles. The summed E-state index contributed by atoms with van der Waals surface area (Å²) in [4.78, 5) is 27.6. The number of benzene rings is 1. The number of anilines is 1. The van der Waals surface area contributed by atoms with E-state index < -0.39 is 0 Å². The van der Waals surface area contributed by atoms with Crippen LogP contribution in [0, 0.1) is 23.2 Å². The normalized spacial score (nSPS) is 32.1. The fourth-order valence-corrected chi connectivity index (χ4v) is 6.61. The molecule has 1 aromatic carbocycles. The van der Waals surface area contributed by atoms with E-state index in [1.54, 1.807) is 24.4 Å². The van der Waals surface area contributed by atoms with E-state index in [2.05, 4.69) is 10.3 Å². The van der Waals surface area contributed by atoms with Crippen molar-refractivity contribution in [3.8, 4) is 0 Å². The van der Waals surface area contributed by atoms with Gasteiger partial charge in [0.05, 0.1) is 10.7 Å². The van der Waals surface area contributed by atoms with Gasteiger partial charge in [0.2, 0.25) is 5.91 Å². The first-order chi connectivity index (χ1) is 12.5. The van der Waals surface area contributed by atoms with Gasteiger partial charge in [0.1, 0.15) is 0 Å². The van der Waals surface area contributed by atoms with Crippen LogP contribution in [0.2, 0.25) is 5.02 Å². The van der Waals surface area contributed by atoms with E-state index in [0.29, 0.717) is 27.9 Å². The summed E-state index contributed by atoms with van der Waals surface area (Å²) in [7, 11) is 0. The Labute approximate surface area is 157 Å². The maximum absolute atomic E-state index is 12.9. The molecular formula is C21H23ClN2O2. The Morgan fingerprint density at radius 1 is 1.08 bits per heavy atom. The summed E-state index contributed by atoms with van der Waals surface area (Å²) in [5.41, 5.74) is 0.577. The summed E-state index contributed by atoms with van der Waals surface area (Å²) in [5.74, 6) is 2.51. The number of carbonyl (C=O) groups is 1. The van der Waals surface area contributed by atoms with E-state index in [1.807, 2.05) is 0 Å². The lowest BCUT2D eigenvalue weighted by molar-refractivity contribution is -0.124. The highest BCUT2D eigenvalue weighted by molar-refractivity contribution is 6.35. The number of hydrogen-bond donors (Lipinski definition) is 2. The molecule has 0 saturated heterocycles. The van der Waals surface area contributed by atoms with Crippen LogP contribution in [0.15, 0.2) is 29.2 Å². The summed E-state index contributed by atoms with van der Waals surface area (Å²) in [5, 5.41) is 4.74. The Balaban J connectivity index is 1.41. The Morgan fingerprint density at radius 3 is 2.38 bits per heavy atom. The van der Waals surface area contributed by atoms with Gasteiger partial charge < -0.3 is 10.3 Å². The van der Waals surface area contributed by atoms with Gasteiger partial charge >= 0.3 is 0 Å². The van der Waals surface area contributed by atoms with Crippen LogP contribution in [0.4, 0.5) is 5.69 Å². The summed E-state index contributed by atoms with van der Waals surface area (Å²) in [6.07, 6.45) is 9.90. The first-order valence-corrected chi connectivity index (χ1v) is 9.99. The second-order valence-corrected chi connectivity index (χ2v) is 9.24. The van der Waals surface area contributed by atoms with Crippen molar-refractivity contribution < 1.29 is 4.79 Å². The van der Waals surface area contributed by atoms with Crippen LogP contribution in [0.3, 0.4) is 0 Å². The molecule has 0 aliphatic heterocycles. The molecule has 26 heavy (non-hydrogen) atoms. The van der Waals surface area contributed by atoms with Crippen LogP contribution in [0.25, 0.3) is 10.8 Å². The average Bonchev–Trinajstić information content (AvgIpc) is 2.56. The van der Waals surface area contributed by atoms with Crippen LogP contribution in [-0.4, -0.2) is 10.9 Å². The standard InChI is InChI=1S/C21H23ClN2O2/c22-17-2-1-16-15(3-4-23-20(16)26)19(17)24-18(25)11-21-8-12-5-13(9-21)7-14(6-12)10-21/h1-4,12-14H,5-11H2,(H,23,26)(H,24,25). The summed E-state index contributed by atoms with van der Waals surface area (Å²) >= 11 is 6.35. The highest BCUT2D eigenvalue weighted by atomic mass is 35.5. The third-order valence-corrected chi connectivity index (χ3v) is 7.18. The zero-order chi connectivity index (χ0) is 17.9. The zero-order valence-electron chi connectivity index (χ0n) is 14.7. The van der Waals surface area contributed by atoms with Crippen molar-refractivity contribution in [2.75, 3.05) is 5.32 Å². The zero-order valence-corrected chi connectivity index (χ0v) is 15.4. The van der Waals surface area contributed by atoms with Crippen molar-refractivity contribution in [3.63, 3.8) is 0 Å². The molecule has 136 valence electrons. The number of halogens is 1. The number of carbonyl (C=O) groups excluding carboxylic acids is 1. The smallest absolute Gasteiger partial charge is 0.255 e. The first kappa shape index (κ1) is 16.4. The molecular weight excluding hydrogens is 348 g/mol. The van der Waals surface area contributed by atoms with Crippen LogP contribution in [0.1, 0.15) is 44.9 Å². The van der Waals surface area contributed by atoms with E-state index >= 15 is 0 Å². The minimum atomic E-state index is -0.171. The van der Waals surface area contributed by atoms with E-state index in [4.69, 9.17) is 11.6 Å². The SMILES string of the molecule is O=C(CC12CC3CC(CC(C3)C1)C2)Nc1c(Cl)ccc2c(=O)[nH]ccc12. The largest absolute Gasteiger partial charge is 0.329 e. The number of pyridine rings is 1. The first-order valence-electron chi connectivity index (χ1n) is 9.61. The molecule has 2 aromatic rings. The minimum absolute atomic E-state index is 0.0293. The quantitative estimate of drug-likeness (QED) is 0.820. The van der Waals surface area contributed by atoms with Crippen molar-refractivity contribution in [1.82, 2.24) is 4.98 Å². The number of hydrogen-bond acceptors (Lipinski definition) is 2. The Hall–Kier alpha value is -1.81. The van der Waals surface area contributed by atoms with E-state index in [1.165, 1.54) is 38.5 Å². The molecule has 1 heterocycles. The fraction of sp³-hybridized carbons (Fsp3) is 0.524. The molecule has 6 rings (SSSR count). The molecule has 0 spiro atoms. The third kappa shape index (κ3) is 2.66. The monoisotopic (exact) mass is 370 g/mol. The molecule has 2 N–H and O–H groups in total. The van der Waals surface area contributed by atoms with Crippen molar-refractivity contribution in [2.24, 2.45) is 23.2 Å². The number of aromatic nitrogens is 1. The number of H-pyrrole nitrogens is 1. The summed E-state index contributed by atoms with van der Waals surface area (Å²) in [6, 6.07) is 5.17. The van der Waals surface area contributed by atoms with Gasteiger partial charge in [-0.3, -0.25) is 9.59 Å². The van der Waals surface area contributed by atoms with Crippen LogP contribution < -0.4 is 10.9 Å². The maximum Gasteiger partial charge on any atom is 0.255 e. The second kappa shape index (κ2) is 5.85. The second-order valence-electron chi connectivity index (χ2n) is 8.83. The Morgan fingerprint density at radius 2 is 1.73 bits per heavy atom. The Kier molecular flexibility index (Phi) is 3.68. The molecule has 4 fully saturated rings. The highest BCUT2D eigenvalue weighted by Gasteiger charge is 2.51. The van der Waals surface area contributed by atoms with Crippen molar-refractivity contribution >= 4 is 34.0 Å². The number of aromatic amines is 1. The number of rotatable bonds is 3. The topological polar surface area (TPSA) is 62.0 Å². The molecule has 0 radical (unpaired) electrons. The fourth-order valence-electron chi connectivity index (χ4n) is 6.40. The van der Waals surface area contributed by atoms with Gasteiger partial charge in [-0.2, -0.15) is 0 Å². The molecule has 0 unspecified atom stereocenters. The minimum Gasteiger partial charge on any atom is -0.329 e. The van der Waals surface area contributed by atoms with E-state index in [-0.39, 0.29) is 16.9 Å². The number of amides is 1. The number of nitrogens with one attached hydrogen (secondary N) is 2. The van der Waals surface area contributed by atoms with Crippen LogP contribution in [-0.2, 0) is 4.79 Å². The molecule has 4 nitrogen and oxygen atoms in total. The molecule has 1 amide bonds. The van der Waals surface area contributed by atoms with Crippen LogP contribution in [0.5, 0.6) is 0 Å². The van der Waals surface area contributed by atoms with E-state index in [9.17, 15) is 9.59 Å². The average molecular weight is 371 g/mol. The van der Waals surface area contributed by atoms with Crippen molar-refractivity contribution in [3.05, 3.63) is 39.8 Å². The predicted octanol–water partition coefficient (Wildman–Crippen LogP) is 4.73. The molecule has 0 atom stereocenters. The lowest BCUT2D eigenvalue weighted by Gasteiger charge is -2.56. The van der Waals surface area contributed by atoms with Gasteiger partial charge in [0.15, 0.2) is 0 Å². The van der Waals surface area contributed by atoms with Gasteiger partial charge in [0.25, 0.3) is 5.56 Å². The molecule has 1 aromatic heterocycles. The van der Waals surface area contributed by atoms with Gasteiger partial charge in [-0.15, -0.1) is 0 Å². The predicted molar refractivity (Wildman–Crippen MR) is 103 cm³/mol. The number of fused-ring (bicyclic) bond motifs is 1. The summed E-state index contributed by atoms with van der Waals surface area (Å²) in [6.45, 7) is 0.